The van der Waals surface area contributed by atoms with Gasteiger partial charge in [0.2, 0.25) is 0 Å². The molecule has 0 amide bonds. The van der Waals surface area contributed by atoms with Crippen molar-refractivity contribution in [2.75, 3.05) is 0 Å². The molecule has 0 saturated heterocycles. The van der Waals surface area contributed by atoms with Gasteiger partial charge in [0.25, 0.3) is 0 Å². The summed E-state index contributed by atoms with van der Waals surface area (Å²) in [6.07, 6.45) is 0. The predicted molar refractivity (Wildman–Crippen MR) is 102 cm³/mol. The van der Waals surface area contributed by atoms with Crippen LogP contribution in [0.3, 0.4) is 0 Å². The molecule has 1 unspecified atom stereocenters. The molecule has 24 heavy (non-hydrogen) atoms. The van der Waals surface area contributed by atoms with Gasteiger partial charge < -0.3 is 0 Å². The number of hydrogen-bond acceptors (Lipinski definition) is 1. The van der Waals surface area contributed by atoms with Gasteiger partial charge in [-0.05, 0) is 34.4 Å². The molecule has 0 saturated carbocycles. The van der Waals surface area contributed by atoms with Crippen molar-refractivity contribution in [1.29, 1.82) is 0 Å². The molecule has 0 aliphatic rings. The van der Waals surface area contributed by atoms with Crippen LogP contribution in [0.5, 0.6) is 0 Å². The van der Waals surface area contributed by atoms with Crippen molar-refractivity contribution < 1.29 is 1.37 Å². The fourth-order valence-corrected chi connectivity index (χ4v) is 3.35. The topological polar surface area (TPSA) is 12.9 Å². The minimum Gasteiger partial charge on any atom is -0.252 e. The van der Waals surface area contributed by atoms with E-state index >= 15 is 0 Å². The molecular formula is C23H21N. The van der Waals surface area contributed by atoms with Gasteiger partial charge in [-0.3, -0.25) is 4.98 Å². The number of fused-ring (bicyclic) bond motifs is 2. The van der Waals surface area contributed by atoms with E-state index in [9.17, 15) is 1.37 Å². The molecule has 0 spiro atoms. The van der Waals surface area contributed by atoms with E-state index < -0.39 is 5.89 Å². The van der Waals surface area contributed by atoms with E-state index in [-0.39, 0.29) is 5.92 Å². The fraction of sp³-hybridized carbons (Fsp3) is 0.174. The van der Waals surface area contributed by atoms with Crippen molar-refractivity contribution in [1.82, 2.24) is 4.98 Å². The van der Waals surface area contributed by atoms with Crippen LogP contribution < -0.4 is 0 Å². The zero-order valence-electron chi connectivity index (χ0n) is 15.0. The lowest BCUT2D eigenvalue weighted by Gasteiger charge is -2.22. The van der Waals surface area contributed by atoms with Gasteiger partial charge in [0, 0.05) is 18.3 Å². The van der Waals surface area contributed by atoms with Crippen LogP contribution in [-0.4, -0.2) is 4.98 Å². The monoisotopic (exact) mass is 312 g/mol. The van der Waals surface area contributed by atoms with Gasteiger partial charge in [-0.1, -0.05) is 80.6 Å². The Hall–Kier alpha value is -2.67. The summed E-state index contributed by atoms with van der Waals surface area (Å²) in [5.41, 5.74) is 2.73. The van der Waals surface area contributed by atoms with Crippen LogP contribution in [0.25, 0.3) is 21.7 Å². The first-order valence-electron chi connectivity index (χ1n) is 8.94. The number of rotatable bonds is 3. The van der Waals surface area contributed by atoms with Crippen LogP contribution in [0, 0.1) is 5.92 Å². The first-order chi connectivity index (χ1) is 12.1. The molecule has 0 fully saturated rings. The van der Waals surface area contributed by atoms with Crippen molar-refractivity contribution in [3.05, 3.63) is 90.1 Å². The van der Waals surface area contributed by atoms with Gasteiger partial charge in [0.05, 0.1) is 5.52 Å². The maximum atomic E-state index is 9.35. The lowest BCUT2D eigenvalue weighted by atomic mass is 9.84. The third-order valence-electron chi connectivity index (χ3n) is 4.51. The van der Waals surface area contributed by atoms with Crippen LogP contribution in [0.15, 0.2) is 78.9 Å². The number of hydrogen-bond donors (Lipinski definition) is 0. The number of nitrogens with zero attached hydrogens (tertiary/aromatic N) is 1. The van der Waals surface area contributed by atoms with Gasteiger partial charge >= 0.3 is 0 Å². The third kappa shape index (κ3) is 2.67. The molecule has 1 heterocycles. The van der Waals surface area contributed by atoms with Gasteiger partial charge in [-0.25, -0.2) is 0 Å². The fourth-order valence-electron chi connectivity index (χ4n) is 3.35. The summed E-state index contributed by atoms with van der Waals surface area (Å²) in [6, 6.07) is 26.8. The molecule has 0 bridgehead atoms. The molecule has 0 aliphatic carbocycles. The van der Waals surface area contributed by atoms with Crippen molar-refractivity contribution in [3.63, 3.8) is 0 Å². The van der Waals surface area contributed by atoms with Crippen LogP contribution in [0.2, 0.25) is 0 Å². The molecule has 0 radical (unpaired) electrons. The summed E-state index contributed by atoms with van der Waals surface area (Å²) >= 11 is 0. The van der Waals surface area contributed by atoms with E-state index in [4.69, 9.17) is 4.98 Å². The highest BCUT2D eigenvalue weighted by atomic mass is 14.7. The highest BCUT2D eigenvalue weighted by Crippen LogP contribution is 2.33. The van der Waals surface area contributed by atoms with E-state index in [1.165, 1.54) is 5.39 Å². The summed E-state index contributed by atoms with van der Waals surface area (Å²) in [7, 11) is 0. The summed E-state index contributed by atoms with van der Waals surface area (Å²) in [6.45, 7) is 4.19. The molecule has 118 valence electrons. The largest absolute Gasteiger partial charge is 0.252 e. The van der Waals surface area contributed by atoms with E-state index in [2.05, 4.69) is 56.3 Å². The van der Waals surface area contributed by atoms with E-state index in [1.54, 1.807) is 0 Å². The lowest BCUT2D eigenvalue weighted by molar-refractivity contribution is 0.554. The van der Waals surface area contributed by atoms with Crippen LogP contribution >= 0.6 is 0 Å². The van der Waals surface area contributed by atoms with Crippen molar-refractivity contribution in [3.8, 4) is 0 Å². The molecule has 3 aromatic carbocycles. The highest BCUT2D eigenvalue weighted by Gasteiger charge is 2.20. The summed E-state index contributed by atoms with van der Waals surface area (Å²) in [5.74, 6) is -0.782. The summed E-state index contributed by atoms with van der Waals surface area (Å²) in [4.78, 5) is 4.84. The average Bonchev–Trinajstić information content (AvgIpc) is 2.66. The minimum absolute atomic E-state index is 0.0994. The predicted octanol–water partition coefficient (Wildman–Crippen LogP) is 6.18. The molecule has 1 nitrogen and oxygen atoms in total. The first-order valence-corrected chi connectivity index (χ1v) is 8.44. The Morgan fingerprint density at radius 2 is 1.42 bits per heavy atom. The Morgan fingerprint density at radius 3 is 2.21 bits per heavy atom. The van der Waals surface area contributed by atoms with Crippen LogP contribution in [0.1, 0.15) is 32.4 Å². The Balaban J connectivity index is 1.92. The number of para-hydroxylation sites is 1. The molecule has 0 N–H and O–H groups in total. The smallest absolute Gasteiger partial charge is 0.0705 e. The maximum absolute atomic E-state index is 9.35. The minimum atomic E-state index is -0.881. The van der Waals surface area contributed by atoms with Crippen molar-refractivity contribution >= 4 is 21.7 Å². The quantitative estimate of drug-likeness (QED) is 0.440. The zero-order chi connectivity index (χ0) is 17.4. The van der Waals surface area contributed by atoms with E-state index in [0.29, 0.717) is 0 Å². The van der Waals surface area contributed by atoms with Crippen LogP contribution in [-0.2, 0) is 0 Å². The Morgan fingerprint density at radius 1 is 0.750 bits per heavy atom. The Kier molecular flexibility index (Phi) is 3.48. The highest BCUT2D eigenvalue weighted by molar-refractivity contribution is 5.83. The van der Waals surface area contributed by atoms with Gasteiger partial charge in [0.15, 0.2) is 0 Å². The summed E-state index contributed by atoms with van der Waals surface area (Å²) < 4.78 is 9.35. The number of aromatic nitrogens is 1. The molecule has 1 heteroatoms. The molecule has 4 aromatic rings. The normalized spacial score (nSPS) is 14.7. The Labute approximate surface area is 144 Å². The van der Waals surface area contributed by atoms with Crippen molar-refractivity contribution in [2.24, 2.45) is 5.92 Å². The second-order valence-corrected chi connectivity index (χ2v) is 6.52. The lowest BCUT2D eigenvalue weighted by Crippen LogP contribution is -2.10. The zero-order valence-corrected chi connectivity index (χ0v) is 14.0. The standard InChI is InChI=1S/C23H21N/c1-16(2)23(20-12-11-17-7-3-4-9-19(17)15-20)22-14-13-18-8-5-6-10-21(18)24-22/h3-16,23H,1-2H3/i23D. The maximum Gasteiger partial charge on any atom is 0.0705 e. The first kappa shape index (κ1) is 13.7. The molecule has 1 atom stereocenters. The third-order valence-corrected chi connectivity index (χ3v) is 4.51. The number of pyridine rings is 1. The van der Waals surface area contributed by atoms with Crippen LogP contribution in [0.4, 0.5) is 0 Å². The van der Waals surface area contributed by atoms with Crippen molar-refractivity contribution in [2.45, 2.75) is 19.7 Å². The number of benzene rings is 3. The second kappa shape index (κ2) is 6.09. The average molecular weight is 312 g/mol. The molecule has 1 aromatic heterocycles. The molecule has 0 aliphatic heterocycles. The van der Waals surface area contributed by atoms with E-state index in [1.807, 2.05) is 36.4 Å². The second-order valence-electron chi connectivity index (χ2n) is 6.52. The van der Waals surface area contributed by atoms with E-state index in [0.717, 1.165) is 27.5 Å². The van der Waals surface area contributed by atoms with Gasteiger partial charge in [0.1, 0.15) is 0 Å². The SMILES string of the molecule is [2H]C(c1ccc2ccccc2c1)(c1ccc2ccccc2n1)C(C)C. The van der Waals surface area contributed by atoms with Gasteiger partial charge in [-0.2, -0.15) is 0 Å². The molecule has 4 rings (SSSR count). The summed E-state index contributed by atoms with van der Waals surface area (Å²) in [5, 5.41) is 3.47. The van der Waals surface area contributed by atoms with Gasteiger partial charge in [-0.15, -0.1) is 0 Å². The molecular weight excluding hydrogens is 290 g/mol. The Bertz CT molecular complexity index is 973.